The summed E-state index contributed by atoms with van der Waals surface area (Å²) in [5.74, 6) is 0.951. The number of aromatic nitrogens is 3. The third-order valence-electron chi connectivity index (χ3n) is 3.66. The minimum Gasteiger partial charge on any atom is -0.355 e. The largest absolute Gasteiger partial charge is 0.355 e. The second kappa shape index (κ2) is 5.10. The summed E-state index contributed by atoms with van der Waals surface area (Å²) < 4.78 is 1.54. The number of nitrogens with one attached hydrogen (secondary N) is 1. The quantitative estimate of drug-likeness (QED) is 0.678. The average Bonchev–Trinajstić information content (AvgIpc) is 3.08. The van der Waals surface area contributed by atoms with E-state index < -0.39 is 0 Å². The normalized spacial score (nSPS) is 16.0. The van der Waals surface area contributed by atoms with Crippen LogP contribution in [0, 0.1) is 29.9 Å². The molecule has 0 spiro atoms. The molecule has 8 heteroatoms. The average molecular weight is 307 g/mol. The molecule has 112 valence electrons. The summed E-state index contributed by atoms with van der Waals surface area (Å²) in [6.07, 6.45) is 2.25. The third-order valence-corrected chi connectivity index (χ3v) is 4.71. The number of nitro groups is 1. The van der Waals surface area contributed by atoms with Gasteiger partial charge in [0.25, 0.3) is 0 Å². The van der Waals surface area contributed by atoms with Crippen molar-refractivity contribution in [2.45, 2.75) is 32.7 Å². The molecule has 1 atom stereocenters. The fourth-order valence-corrected chi connectivity index (χ4v) is 3.44. The molecular formula is C13H17N5O2S. The Morgan fingerprint density at radius 1 is 1.52 bits per heavy atom. The van der Waals surface area contributed by atoms with Crippen molar-refractivity contribution >= 4 is 22.8 Å². The molecule has 2 aromatic heterocycles. The van der Waals surface area contributed by atoms with E-state index in [-0.39, 0.29) is 16.7 Å². The zero-order chi connectivity index (χ0) is 15.1. The van der Waals surface area contributed by atoms with Crippen LogP contribution in [0.2, 0.25) is 0 Å². The van der Waals surface area contributed by atoms with Gasteiger partial charge in [-0.3, -0.25) is 10.1 Å². The van der Waals surface area contributed by atoms with Gasteiger partial charge in [0.2, 0.25) is 5.82 Å². The maximum absolute atomic E-state index is 11.3. The second-order valence-electron chi connectivity index (χ2n) is 5.45. The Balaban J connectivity index is 1.95. The maximum atomic E-state index is 11.3. The lowest BCUT2D eigenvalue weighted by Gasteiger charge is -2.16. The molecule has 1 N–H and O–H groups in total. The Morgan fingerprint density at radius 2 is 2.24 bits per heavy atom. The van der Waals surface area contributed by atoms with Crippen molar-refractivity contribution in [3.05, 3.63) is 31.9 Å². The van der Waals surface area contributed by atoms with E-state index in [2.05, 4.69) is 15.4 Å². The number of anilines is 1. The van der Waals surface area contributed by atoms with Crippen LogP contribution in [0.1, 0.15) is 35.3 Å². The Bertz CT molecular complexity index is 689. The predicted octanol–water partition coefficient (Wildman–Crippen LogP) is 2.96. The first-order chi connectivity index (χ1) is 9.97. The van der Waals surface area contributed by atoms with Crippen LogP contribution in [0.15, 0.2) is 5.38 Å². The standard InChI is InChI=1S/C13H17N5O2S/c1-7-6-21-13(14-7)10(9-4-5-9)15-12-11(18(19)20)8(2)16-17(12)3/h6,9-10,15H,4-5H2,1-3H3/t10-/m0/s1. The number of nitrogens with zero attached hydrogens (tertiary/aromatic N) is 4. The smallest absolute Gasteiger partial charge is 0.333 e. The molecule has 0 aliphatic heterocycles. The lowest BCUT2D eigenvalue weighted by atomic mass is 10.2. The van der Waals surface area contributed by atoms with Crippen LogP contribution in [-0.2, 0) is 7.05 Å². The molecule has 0 saturated heterocycles. The van der Waals surface area contributed by atoms with Crippen molar-refractivity contribution in [1.82, 2.24) is 14.8 Å². The lowest BCUT2D eigenvalue weighted by molar-refractivity contribution is -0.384. The van der Waals surface area contributed by atoms with Gasteiger partial charge >= 0.3 is 5.69 Å². The Hall–Kier alpha value is -1.96. The summed E-state index contributed by atoms with van der Waals surface area (Å²) in [6, 6.07) is 0.0252. The van der Waals surface area contributed by atoms with Crippen molar-refractivity contribution in [3.63, 3.8) is 0 Å². The van der Waals surface area contributed by atoms with Crippen LogP contribution in [-0.4, -0.2) is 19.7 Å². The fraction of sp³-hybridized carbons (Fsp3) is 0.538. The monoisotopic (exact) mass is 307 g/mol. The van der Waals surface area contributed by atoms with Gasteiger partial charge in [-0.1, -0.05) is 0 Å². The molecule has 2 heterocycles. The van der Waals surface area contributed by atoms with E-state index in [0.29, 0.717) is 17.4 Å². The summed E-state index contributed by atoms with van der Waals surface area (Å²) in [6.45, 7) is 3.61. The summed E-state index contributed by atoms with van der Waals surface area (Å²) in [4.78, 5) is 15.4. The second-order valence-corrected chi connectivity index (χ2v) is 6.34. The van der Waals surface area contributed by atoms with E-state index in [1.807, 2.05) is 12.3 Å². The summed E-state index contributed by atoms with van der Waals surface area (Å²) in [5.41, 5.74) is 1.46. The molecule has 0 aromatic carbocycles. The number of rotatable bonds is 5. The molecule has 7 nitrogen and oxygen atoms in total. The van der Waals surface area contributed by atoms with Gasteiger partial charge in [-0.2, -0.15) is 5.10 Å². The summed E-state index contributed by atoms with van der Waals surface area (Å²) >= 11 is 1.60. The van der Waals surface area contributed by atoms with Crippen molar-refractivity contribution in [1.29, 1.82) is 0 Å². The van der Waals surface area contributed by atoms with Crippen molar-refractivity contribution in [3.8, 4) is 0 Å². The van der Waals surface area contributed by atoms with Gasteiger partial charge < -0.3 is 5.32 Å². The zero-order valence-corrected chi connectivity index (χ0v) is 13.0. The van der Waals surface area contributed by atoms with Gasteiger partial charge in [-0.05, 0) is 32.6 Å². The molecule has 21 heavy (non-hydrogen) atoms. The highest BCUT2D eigenvalue weighted by molar-refractivity contribution is 7.09. The van der Waals surface area contributed by atoms with E-state index in [9.17, 15) is 10.1 Å². The number of hydrogen-bond acceptors (Lipinski definition) is 6. The topological polar surface area (TPSA) is 85.9 Å². The summed E-state index contributed by atoms with van der Waals surface area (Å²) in [5, 5.41) is 21.7. The molecule has 0 radical (unpaired) electrons. The van der Waals surface area contributed by atoms with Crippen molar-refractivity contribution in [2.75, 3.05) is 5.32 Å². The number of hydrogen-bond donors (Lipinski definition) is 1. The highest BCUT2D eigenvalue weighted by Gasteiger charge is 2.37. The highest BCUT2D eigenvalue weighted by Crippen LogP contribution is 2.44. The Morgan fingerprint density at radius 3 is 2.76 bits per heavy atom. The van der Waals surface area contributed by atoms with Gasteiger partial charge in [0.1, 0.15) is 10.7 Å². The van der Waals surface area contributed by atoms with E-state index in [1.54, 1.807) is 30.0 Å². The van der Waals surface area contributed by atoms with E-state index in [4.69, 9.17) is 0 Å². The first-order valence-corrected chi connectivity index (χ1v) is 7.72. The molecule has 3 rings (SSSR count). The Kier molecular flexibility index (Phi) is 3.40. The lowest BCUT2D eigenvalue weighted by Crippen LogP contribution is -2.16. The van der Waals surface area contributed by atoms with E-state index in [0.717, 1.165) is 23.5 Å². The molecule has 0 unspecified atom stereocenters. The fourth-order valence-electron chi connectivity index (χ4n) is 2.50. The molecule has 0 amide bonds. The predicted molar refractivity (Wildman–Crippen MR) is 80.5 cm³/mol. The summed E-state index contributed by atoms with van der Waals surface area (Å²) in [7, 11) is 1.72. The van der Waals surface area contributed by atoms with Crippen LogP contribution in [0.3, 0.4) is 0 Å². The van der Waals surface area contributed by atoms with Crippen LogP contribution in [0.25, 0.3) is 0 Å². The Labute approximate surface area is 126 Å². The molecule has 1 aliphatic rings. The van der Waals surface area contributed by atoms with Crippen LogP contribution in [0.4, 0.5) is 11.5 Å². The SMILES string of the molecule is Cc1csc([C@@H](Nc2c([N+](=O)[O-])c(C)nn2C)C2CC2)n1. The van der Waals surface area contributed by atoms with Gasteiger partial charge in [-0.25, -0.2) is 9.67 Å². The van der Waals surface area contributed by atoms with Crippen molar-refractivity contribution in [2.24, 2.45) is 13.0 Å². The highest BCUT2D eigenvalue weighted by atomic mass is 32.1. The van der Waals surface area contributed by atoms with Gasteiger partial charge in [0.05, 0.1) is 11.0 Å². The van der Waals surface area contributed by atoms with E-state index >= 15 is 0 Å². The van der Waals surface area contributed by atoms with Crippen LogP contribution < -0.4 is 5.32 Å². The molecule has 1 aliphatic carbocycles. The van der Waals surface area contributed by atoms with E-state index in [1.165, 1.54) is 0 Å². The van der Waals surface area contributed by atoms with Crippen LogP contribution in [0.5, 0.6) is 0 Å². The molecule has 2 aromatic rings. The van der Waals surface area contributed by atoms with Gasteiger partial charge in [0.15, 0.2) is 0 Å². The number of thiazole rings is 1. The first-order valence-electron chi connectivity index (χ1n) is 6.84. The van der Waals surface area contributed by atoms with Gasteiger partial charge in [-0.15, -0.1) is 11.3 Å². The molecule has 1 saturated carbocycles. The first kappa shape index (κ1) is 14.0. The molecule has 0 bridgehead atoms. The van der Waals surface area contributed by atoms with Crippen LogP contribution >= 0.6 is 11.3 Å². The maximum Gasteiger partial charge on any atom is 0.333 e. The molecular weight excluding hydrogens is 290 g/mol. The van der Waals surface area contributed by atoms with Gasteiger partial charge in [0, 0.05) is 18.1 Å². The minimum atomic E-state index is -0.373. The van der Waals surface area contributed by atoms with Crippen molar-refractivity contribution < 1.29 is 4.92 Å². The zero-order valence-electron chi connectivity index (χ0n) is 12.2. The number of aryl methyl sites for hydroxylation is 3. The minimum absolute atomic E-state index is 0.0252. The third kappa shape index (κ3) is 2.63. The molecule has 1 fully saturated rings.